The first-order chi connectivity index (χ1) is 6.25. The van der Waals surface area contributed by atoms with Gasteiger partial charge in [0.25, 0.3) is 23.1 Å². The van der Waals surface area contributed by atoms with Crippen molar-refractivity contribution in [2.24, 2.45) is 0 Å². The second-order valence-corrected chi connectivity index (χ2v) is 3.76. The van der Waals surface area contributed by atoms with Crippen LogP contribution < -0.4 is 0 Å². The quantitative estimate of drug-likeness (QED) is 0.182. The fraction of sp³-hybridized carbons (Fsp3) is 1.00. The summed E-state index contributed by atoms with van der Waals surface area (Å²) in [5, 5.41) is 81.6. The molecule has 0 aromatic heterocycles. The van der Waals surface area contributed by atoms with Crippen molar-refractivity contribution in [3.8, 4) is 0 Å². The minimum absolute atomic E-state index is 0.363. The molecule has 1 fully saturated rings. The molecule has 0 amide bonds. The van der Waals surface area contributed by atoms with Gasteiger partial charge in [0, 0.05) is 0 Å². The molecule has 1 aliphatic rings. The van der Waals surface area contributed by atoms with E-state index in [4.69, 9.17) is 40.9 Å². The highest BCUT2D eigenvalue weighted by molar-refractivity contribution is 5.22. The van der Waals surface area contributed by atoms with Crippen molar-refractivity contribution >= 4 is 0 Å². The molecule has 0 unspecified atom stereocenters. The molecule has 90 valence electrons. The van der Waals surface area contributed by atoms with Gasteiger partial charge < -0.3 is 46.0 Å². The molecule has 1 aliphatic carbocycles. The summed E-state index contributed by atoms with van der Waals surface area (Å²) in [5.41, 5.74) is -3.42. The van der Waals surface area contributed by atoms with Gasteiger partial charge in [-0.15, -0.1) is 0 Å². The molecule has 0 atom stereocenters. The molecule has 0 radical (unpaired) electrons. The zero-order valence-corrected chi connectivity index (χ0v) is 7.52. The van der Waals surface area contributed by atoms with Crippen molar-refractivity contribution < 1.29 is 46.0 Å². The summed E-state index contributed by atoms with van der Waals surface area (Å²) in [4.78, 5) is 0. The lowest BCUT2D eigenvalue weighted by molar-refractivity contribution is -0.452. The Kier molecular flexibility index (Phi) is 2.10. The Morgan fingerprint density at radius 3 is 0.733 bits per heavy atom. The van der Waals surface area contributed by atoms with Crippen LogP contribution in [0.2, 0.25) is 0 Å². The van der Waals surface area contributed by atoms with Gasteiger partial charge in [0.15, 0.2) is 5.60 Å². The largest absolute Gasteiger partial charge is 0.379 e. The fourth-order valence-corrected chi connectivity index (χ4v) is 1.41. The monoisotopic (exact) mass is 228 g/mol. The molecular weight excluding hydrogens is 216 g/mol. The molecule has 9 nitrogen and oxygen atoms in total. The Hall–Kier alpha value is -0.360. The predicted octanol–water partition coefficient (Wildman–Crippen LogP) is -5.53. The first kappa shape index (κ1) is 12.7. The number of aliphatic hydroxyl groups is 9. The van der Waals surface area contributed by atoms with Crippen LogP contribution in [-0.2, 0) is 0 Å². The molecule has 0 bridgehead atoms. The Bertz CT molecular complexity index is 199. The first-order valence-corrected chi connectivity index (χ1v) is 3.76. The van der Waals surface area contributed by atoms with Crippen LogP contribution in [0.1, 0.15) is 6.92 Å². The van der Waals surface area contributed by atoms with E-state index in [0.717, 1.165) is 0 Å². The Morgan fingerprint density at radius 1 is 0.467 bits per heavy atom. The van der Waals surface area contributed by atoms with E-state index in [-0.39, 0.29) is 0 Å². The molecular formula is C6H12O9. The number of hydrogen-bond donors (Lipinski definition) is 9. The van der Waals surface area contributed by atoms with Crippen LogP contribution in [0.3, 0.4) is 0 Å². The standard InChI is InChI=1S/C6H12O9/c1-2(7)3(8,9)5(12,13)6(14,15)4(2,10)11/h7-15H,1H3. The van der Waals surface area contributed by atoms with E-state index in [2.05, 4.69) is 0 Å². The van der Waals surface area contributed by atoms with Gasteiger partial charge in [-0.25, -0.2) is 0 Å². The number of rotatable bonds is 0. The molecule has 0 aromatic carbocycles. The average molecular weight is 228 g/mol. The maximum absolute atomic E-state index is 9.28. The van der Waals surface area contributed by atoms with Crippen molar-refractivity contribution in [2.75, 3.05) is 0 Å². The topological polar surface area (TPSA) is 182 Å². The maximum atomic E-state index is 9.28. The van der Waals surface area contributed by atoms with Gasteiger partial charge in [-0.05, 0) is 6.92 Å². The van der Waals surface area contributed by atoms with E-state index >= 15 is 0 Å². The lowest BCUT2D eigenvalue weighted by atomic mass is 9.93. The van der Waals surface area contributed by atoms with E-state index < -0.39 is 28.7 Å². The van der Waals surface area contributed by atoms with Crippen LogP contribution in [0, 0.1) is 0 Å². The number of hydrogen-bond acceptors (Lipinski definition) is 9. The normalized spacial score (nSPS) is 34.0. The van der Waals surface area contributed by atoms with Crippen LogP contribution in [0.4, 0.5) is 0 Å². The molecule has 0 heterocycles. The van der Waals surface area contributed by atoms with Gasteiger partial charge in [-0.3, -0.25) is 0 Å². The highest BCUT2D eigenvalue weighted by atomic mass is 16.7. The van der Waals surface area contributed by atoms with Gasteiger partial charge >= 0.3 is 0 Å². The van der Waals surface area contributed by atoms with Crippen molar-refractivity contribution in [3.05, 3.63) is 0 Å². The average Bonchev–Trinajstić information content (AvgIpc) is 2.04. The zero-order valence-electron chi connectivity index (χ0n) is 7.52. The summed E-state index contributed by atoms with van der Waals surface area (Å²) < 4.78 is 0. The lowest BCUT2D eigenvalue weighted by Crippen LogP contribution is -2.66. The first-order valence-electron chi connectivity index (χ1n) is 3.76. The van der Waals surface area contributed by atoms with Gasteiger partial charge in [-0.1, -0.05) is 0 Å². The molecule has 1 saturated carbocycles. The van der Waals surface area contributed by atoms with Crippen LogP contribution >= 0.6 is 0 Å². The van der Waals surface area contributed by atoms with Crippen LogP contribution in [0.5, 0.6) is 0 Å². The Balaban J connectivity index is 3.55. The van der Waals surface area contributed by atoms with E-state index in [0.29, 0.717) is 6.92 Å². The molecule has 9 N–H and O–H groups in total. The van der Waals surface area contributed by atoms with E-state index in [9.17, 15) is 5.11 Å². The second-order valence-electron chi connectivity index (χ2n) is 3.76. The van der Waals surface area contributed by atoms with E-state index in [1.165, 1.54) is 0 Å². The van der Waals surface area contributed by atoms with Crippen LogP contribution in [-0.4, -0.2) is 74.7 Å². The Labute approximate surface area is 82.7 Å². The van der Waals surface area contributed by atoms with Crippen molar-refractivity contribution in [1.82, 2.24) is 0 Å². The summed E-state index contributed by atoms with van der Waals surface area (Å²) in [6.07, 6.45) is 0. The third-order valence-corrected chi connectivity index (χ3v) is 2.82. The van der Waals surface area contributed by atoms with Crippen molar-refractivity contribution in [3.63, 3.8) is 0 Å². The molecule has 0 aliphatic heterocycles. The smallest absolute Gasteiger partial charge is 0.283 e. The summed E-state index contributed by atoms with van der Waals surface area (Å²) in [6, 6.07) is 0. The summed E-state index contributed by atoms with van der Waals surface area (Å²) >= 11 is 0. The minimum atomic E-state index is -4.17. The van der Waals surface area contributed by atoms with Crippen molar-refractivity contribution in [1.29, 1.82) is 0 Å². The summed E-state index contributed by atoms with van der Waals surface area (Å²) in [6.45, 7) is 0.363. The minimum Gasteiger partial charge on any atom is -0.379 e. The third-order valence-electron chi connectivity index (χ3n) is 2.82. The van der Waals surface area contributed by atoms with Crippen LogP contribution in [0.25, 0.3) is 0 Å². The SMILES string of the molecule is CC1(O)C(O)(O)C(O)(O)C(O)(O)C1(O)O. The highest BCUT2D eigenvalue weighted by Gasteiger charge is 2.89. The highest BCUT2D eigenvalue weighted by Crippen LogP contribution is 2.53. The van der Waals surface area contributed by atoms with Gasteiger partial charge in [-0.2, -0.15) is 0 Å². The predicted molar refractivity (Wildman–Crippen MR) is 39.3 cm³/mol. The van der Waals surface area contributed by atoms with Crippen LogP contribution in [0.15, 0.2) is 0 Å². The van der Waals surface area contributed by atoms with E-state index in [1.807, 2.05) is 0 Å². The Morgan fingerprint density at radius 2 is 0.667 bits per heavy atom. The molecule has 0 aromatic rings. The fourth-order valence-electron chi connectivity index (χ4n) is 1.41. The molecule has 0 saturated heterocycles. The molecule has 15 heavy (non-hydrogen) atoms. The van der Waals surface area contributed by atoms with E-state index in [1.54, 1.807) is 0 Å². The molecule has 0 spiro atoms. The zero-order chi connectivity index (χ0) is 12.5. The summed E-state index contributed by atoms with van der Waals surface area (Å²) in [7, 11) is 0. The van der Waals surface area contributed by atoms with Crippen molar-refractivity contribution in [2.45, 2.75) is 35.7 Å². The molecule has 9 heteroatoms. The molecule has 1 rings (SSSR count). The van der Waals surface area contributed by atoms with Gasteiger partial charge in [0.2, 0.25) is 0 Å². The van der Waals surface area contributed by atoms with Gasteiger partial charge in [0.05, 0.1) is 0 Å². The maximum Gasteiger partial charge on any atom is 0.283 e. The second kappa shape index (κ2) is 2.48. The third kappa shape index (κ3) is 0.927. The summed E-state index contributed by atoms with van der Waals surface area (Å²) in [5.74, 6) is -16.3. The lowest BCUT2D eigenvalue weighted by Gasteiger charge is -2.36. The van der Waals surface area contributed by atoms with Gasteiger partial charge in [0.1, 0.15) is 0 Å².